The summed E-state index contributed by atoms with van der Waals surface area (Å²) in [5.74, 6) is 2.06. The van der Waals surface area contributed by atoms with Crippen LogP contribution in [0, 0.1) is 12.8 Å². The van der Waals surface area contributed by atoms with Crippen molar-refractivity contribution in [2.45, 2.75) is 19.4 Å². The lowest BCUT2D eigenvalue weighted by molar-refractivity contribution is 0.181. The summed E-state index contributed by atoms with van der Waals surface area (Å²) in [7, 11) is 0. The number of pyridine rings is 1. The molecule has 2 atom stereocenters. The van der Waals surface area contributed by atoms with Gasteiger partial charge in [0.15, 0.2) is 0 Å². The zero-order chi connectivity index (χ0) is 16.4. The Morgan fingerprint density at radius 1 is 1.08 bits per heavy atom. The van der Waals surface area contributed by atoms with Gasteiger partial charge in [0.25, 0.3) is 0 Å². The Morgan fingerprint density at radius 3 is 2.67 bits per heavy atom. The normalized spacial score (nSPS) is 20.4. The molecule has 0 radical (unpaired) electrons. The fourth-order valence-corrected chi connectivity index (χ4v) is 3.22. The van der Waals surface area contributed by atoms with Gasteiger partial charge in [-0.25, -0.2) is 15.0 Å². The van der Waals surface area contributed by atoms with E-state index in [0.29, 0.717) is 12.5 Å². The van der Waals surface area contributed by atoms with Crippen molar-refractivity contribution in [2.24, 2.45) is 5.92 Å². The van der Waals surface area contributed by atoms with Crippen LogP contribution < -0.4 is 0 Å². The molecule has 1 aliphatic rings. The summed E-state index contributed by atoms with van der Waals surface area (Å²) in [5, 5.41) is 0. The highest BCUT2D eigenvalue weighted by molar-refractivity contribution is 5.52. The molecule has 0 bridgehead atoms. The quantitative estimate of drug-likeness (QED) is 0.738. The fraction of sp³-hybridized carbons (Fsp3) is 0.333. The third-order valence-electron chi connectivity index (χ3n) is 4.48. The van der Waals surface area contributed by atoms with E-state index >= 15 is 0 Å². The van der Waals surface area contributed by atoms with E-state index in [1.165, 1.54) is 5.56 Å². The summed E-state index contributed by atoms with van der Waals surface area (Å²) in [6, 6.07) is 4.40. The minimum atomic E-state index is 0.261. The SMILES string of the molecule is Cc1ncc(-c2nccn2[C@@H]2COC[C@@H]2Cc2ccncc2)cn1. The maximum Gasteiger partial charge on any atom is 0.143 e. The third kappa shape index (κ3) is 2.92. The Kier molecular flexibility index (Phi) is 4.04. The number of imidazole rings is 1. The van der Waals surface area contributed by atoms with Crippen molar-refractivity contribution in [3.8, 4) is 11.4 Å². The summed E-state index contributed by atoms with van der Waals surface area (Å²) in [6.45, 7) is 3.34. The first-order valence-electron chi connectivity index (χ1n) is 8.10. The molecule has 0 amide bonds. The number of ether oxygens (including phenoxy) is 1. The lowest BCUT2D eigenvalue weighted by Crippen LogP contribution is -2.20. The topological polar surface area (TPSA) is 65.7 Å². The zero-order valence-corrected chi connectivity index (χ0v) is 13.5. The van der Waals surface area contributed by atoms with E-state index in [9.17, 15) is 0 Å². The second-order valence-electron chi connectivity index (χ2n) is 6.10. The maximum atomic E-state index is 5.78. The smallest absolute Gasteiger partial charge is 0.143 e. The van der Waals surface area contributed by atoms with E-state index in [1.807, 2.05) is 44.1 Å². The molecule has 0 saturated carbocycles. The first kappa shape index (κ1) is 15.0. The van der Waals surface area contributed by atoms with Gasteiger partial charge in [-0.15, -0.1) is 0 Å². The van der Waals surface area contributed by atoms with Crippen molar-refractivity contribution in [3.63, 3.8) is 0 Å². The molecular weight excluding hydrogens is 302 g/mol. The van der Waals surface area contributed by atoms with Crippen molar-refractivity contribution < 1.29 is 4.74 Å². The molecule has 6 nitrogen and oxygen atoms in total. The average Bonchev–Trinajstić information content (AvgIpc) is 3.25. The standard InChI is InChI=1S/C18H19N5O/c1-13-21-9-16(10-22-13)18-20-6-7-23(18)17-12-24-11-15(17)8-14-2-4-19-5-3-14/h2-7,9-10,15,17H,8,11-12H2,1H3/t15-,17+/m0/s1. The Hall–Kier alpha value is -2.60. The number of hydrogen-bond acceptors (Lipinski definition) is 5. The molecule has 3 aromatic rings. The molecule has 1 saturated heterocycles. The van der Waals surface area contributed by atoms with Crippen LogP contribution >= 0.6 is 0 Å². The minimum absolute atomic E-state index is 0.261. The van der Waals surface area contributed by atoms with Crippen molar-refractivity contribution in [2.75, 3.05) is 13.2 Å². The summed E-state index contributed by atoms with van der Waals surface area (Å²) >= 11 is 0. The summed E-state index contributed by atoms with van der Waals surface area (Å²) in [5.41, 5.74) is 2.21. The minimum Gasteiger partial charge on any atom is -0.379 e. The molecule has 122 valence electrons. The second-order valence-corrected chi connectivity index (χ2v) is 6.10. The van der Waals surface area contributed by atoms with E-state index in [-0.39, 0.29) is 6.04 Å². The van der Waals surface area contributed by atoms with Crippen molar-refractivity contribution in [3.05, 3.63) is 60.7 Å². The van der Waals surface area contributed by atoms with E-state index in [1.54, 1.807) is 0 Å². The fourth-order valence-electron chi connectivity index (χ4n) is 3.22. The van der Waals surface area contributed by atoms with Crippen LogP contribution in [0.25, 0.3) is 11.4 Å². The highest BCUT2D eigenvalue weighted by Gasteiger charge is 2.31. The number of aryl methyl sites for hydroxylation is 1. The molecule has 0 aromatic carbocycles. The molecule has 24 heavy (non-hydrogen) atoms. The molecule has 0 unspecified atom stereocenters. The first-order chi connectivity index (χ1) is 11.8. The average molecular weight is 321 g/mol. The van der Waals surface area contributed by atoms with Crippen molar-refractivity contribution in [1.29, 1.82) is 0 Å². The van der Waals surface area contributed by atoms with Gasteiger partial charge >= 0.3 is 0 Å². The highest BCUT2D eigenvalue weighted by Crippen LogP contribution is 2.32. The molecule has 0 aliphatic carbocycles. The first-order valence-corrected chi connectivity index (χ1v) is 8.10. The third-order valence-corrected chi connectivity index (χ3v) is 4.48. The van der Waals surface area contributed by atoms with Gasteiger partial charge in [-0.1, -0.05) is 0 Å². The van der Waals surface area contributed by atoms with E-state index in [0.717, 1.165) is 30.2 Å². The Labute approximate surface area is 140 Å². The van der Waals surface area contributed by atoms with Crippen LogP contribution in [-0.4, -0.2) is 37.7 Å². The Bertz CT molecular complexity index is 800. The lowest BCUT2D eigenvalue weighted by Gasteiger charge is -2.21. The van der Waals surface area contributed by atoms with Gasteiger partial charge in [-0.3, -0.25) is 4.98 Å². The number of nitrogens with zero attached hydrogens (tertiary/aromatic N) is 5. The molecule has 0 N–H and O–H groups in total. The second kappa shape index (κ2) is 6.49. The molecule has 1 aliphatic heterocycles. The predicted molar refractivity (Wildman–Crippen MR) is 89.3 cm³/mol. The van der Waals surface area contributed by atoms with Gasteiger partial charge in [0, 0.05) is 43.1 Å². The predicted octanol–water partition coefficient (Wildman–Crippen LogP) is 2.47. The highest BCUT2D eigenvalue weighted by atomic mass is 16.5. The van der Waals surface area contributed by atoms with Crippen LogP contribution in [0.5, 0.6) is 0 Å². The van der Waals surface area contributed by atoms with Gasteiger partial charge in [0.05, 0.1) is 24.8 Å². The van der Waals surface area contributed by atoms with Crippen LogP contribution in [-0.2, 0) is 11.2 Å². The van der Waals surface area contributed by atoms with Crippen LogP contribution in [0.15, 0.2) is 49.3 Å². The monoisotopic (exact) mass is 321 g/mol. The molecular formula is C18H19N5O. The Balaban J connectivity index is 1.61. The summed E-state index contributed by atoms with van der Waals surface area (Å²) in [4.78, 5) is 17.2. The number of aromatic nitrogens is 5. The molecule has 4 rings (SSSR count). The lowest BCUT2D eigenvalue weighted by atomic mass is 9.95. The van der Waals surface area contributed by atoms with E-state index in [4.69, 9.17) is 4.74 Å². The van der Waals surface area contributed by atoms with Crippen LogP contribution in [0.4, 0.5) is 0 Å². The Morgan fingerprint density at radius 2 is 1.88 bits per heavy atom. The van der Waals surface area contributed by atoms with Gasteiger partial charge in [-0.2, -0.15) is 0 Å². The molecule has 6 heteroatoms. The van der Waals surface area contributed by atoms with Gasteiger partial charge in [0.1, 0.15) is 11.6 Å². The van der Waals surface area contributed by atoms with Crippen molar-refractivity contribution in [1.82, 2.24) is 24.5 Å². The molecule has 3 aromatic heterocycles. The number of hydrogen-bond donors (Lipinski definition) is 0. The van der Waals surface area contributed by atoms with Crippen LogP contribution in [0.2, 0.25) is 0 Å². The van der Waals surface area contributed by atoms with Gasteiger partial charge < -0.3 is 9.30 Å². The largest absolute Gasteiger partial charge is 0.379 e. The van der Waals surface area contributed by atoms with Gasteiger partial charge in [0.2, 0.25) is 0 Å². The molecule has 4 heterocycles. The van der Waals surface area contributed by atoms with Gasteiger partial charge in [-0.05, 0) is 31.0 Å². The van der Waals surface area contributed by atoms with E-state index < -0.39 is 0 Å². The summed E-state index contributed by atoms with van der Waals surface area (Å²) in [6.07, 6.45) is 12.2. The molecule has 1 fully saturated rings. The van der Waals surface area contributed by atoms with Crippen molar-refractivity contribution >= 4 is 0 Å². The maximum absolute atomic E-state index is 5.78. The summed E-state index contributed by atoms with van der Waals surface area (Å²) < 4.78 is 7.98. The van der Waals surface area contributed by atoms with Crippen LogP contribution in [0.3, 0.4) is 0 Å². The van der Waals surface area contributed by atoms with Crippen LogP contribution in [0.1, 0.15) is 17.4 Å². The molecule has 0 spiro atoms. The van der Waals surface area contributed by atoms with E-state index in [2.05, 4.69) is 36.6 Å². The number of rotatable bonds is 4. The zero-order valence-electron chi connectivity index (χ0n) is 13.5.